The molecule has 7 heteroatoms. The van der Waals surface area contributed by atoms with Gasteiger partial charge in [-0.25, -0.2) is 4.79 Å². The molecule has 0 spiro atoms. The Labute approximate surface area is 132 Å². The van der Waals surface area contributed by atoms with E-state index in [-0.39, 0.29) is 12.2 Å². The van der Waals surface area contributed by atoms with Gasteiger partial charge in [0, 0.05) is 17.6 Å². The normalized spacial score (nSPS) is 10.1. The van der Waals surface area contributed by atoms with E-state index in [4.69, 9.17) is 11.6 Å². The third kappa shape index (κ3) is 3.73. The van der Waals surface area contributed by atoms with Gasteiger partial charge in [0.25, 0.3) is 5.69 Å². The molecule has 2 amide bonds. The number of carbonyl (C=O) groups excluding carboxylic acids is 1. The number of carbonyl (C=O) groups is 1. The number of amides is 2. The number of benzene rings is 2. The molecule has 0 fully saturated rings. The average molecular weight is 320 g/mol. The lowest BCUT2D eigenvalue weighted by atomic mass is 10.1. The van der Waals surface area contributed by atoms with Crippen LogP contribution in [0.2, 0.25) is 5.02 Å². The van der Waals surface area contributed by atoms with Gasteiger partial charge < -0.3 is 10.6 Å². The summed E-state index contributed by atoms with van der Waals surface area (Å²) in [7, 11) is 0. The Balaban J connectivity index is 2.02. The van der Waals surface area contributed by atoms with Crippen LogP contribution in [-0.2, 0) is 6.54 Å². The van der Waals surface area contributed by atoms with Crippen LogP contribution in [0.4, 0.5) is 16.2 Å². The van der Waals surface area contributed by atoms with Gasteiger partial charge in [-0.3, -0.25) is 10.1 Å². The molecule has 22 heavy (non-hydrogen) atoms. The summed E-state index contributed by atoms with van der Waals surface area (Å²) in [6.07, 6.45) is 0. The van der Waals surface area contributed by atoms with E-state index in [1.807, 2.05) is 6.07 Å². The minimum Gasteiger partial charge on any atom is -0.334 e. The van der Waals surface area contributed by atoms with E-state index >= 15 is 0 Å². The molecule has 2 aromatic carbocycles. The fourth-order valence-electron chi connectivity index (χ4n) is 1.94. The van der Waals surface area contributed by atoms with Gasteiger partial charge in [-0.05, 0) is 24.6 Å². The second-order valence-electron chi connectivity index (χ2n) is 4.61. The van der Waals surface area contributed by atoms with E-state index in [1.165, 1.54) is 12.1 Å². The van der Waals surface area contributed by atoms with Crippen LogP contribution in [0.1, 0.15) is 11.1 Å². The van der Waals surface area contributed by atoms with Crippen LogP contribution in [-0.4, -0.2) is 11.0 Å². The van der Waals surface area contributed by atoms with E-state index in [2.05, 4.69) is 10.6 Å². The van der Waals surface area contributed by atoms with Crippen molar-refractivity contribution in [1.29, 1.82) is 0 Å². The molecular weight excluding hydrogens is 306 g/mol. The van der Waals surface area contributed by atoms with Crippen LogP contribution < -0.4 is 10.6 Å². The SMILES string of the molecule is Cc1c(NC(=O)NCc2ccccc2Cl)cccc1[N+](=O)[O-]. The first-order valence-electron chi connectivity index (χ1n) is 6.51. The topological polar surface area (TPSA) is 84.3 Å². The second kappa shape index (κ2) is 6.91. The van der Waals surface area contributed by atoms with Gasteiger partial charge in [0.1, 0.15) is 0 Å². The van der Waals surface area contributed by atoms with Gasteiger partial charge in [-0.2, -0.15) is 0 Å². The van der Waals surface area contributed by atoms with Gasteiger partial charge in [0.2, 0.25) is 0 Å². The number of urea groups is 1. The second-order valence-corrected chi connectivity index (χ2v) is 5.01. The van der Waals surface area contributed by atoms with Crippen LogP contribution in [0.5, 0.6) is 0 Å². The summed E-state index contributed by atoms with van der Waals surface area (Å²) in [6, 6.07) is 11.2. The molecule has 0 unspecified atom stereocenters. The van der Waals surface area contributed by atoms with Gasteiger partial charge in [-0.15, -0.1) is 0 Å². The van der Waals surface area contributed by atoms with Crippen molar-refractivity contribution in [3.8, 4) is 0 Å². The van der Waals surface area contributed by atoms with Crippen molar-refractivity contribution in [2.75, 3.05) is 5.32 Å². The van der Waals surface area contributed by atoms with Crippen LogP contribution in [0.3, 0.4) is 0 Å². The predicted octanol–water partition coefficient (Wildman–Crippen LogP) is 3.88. The molecular formula is C15H14ClN3O3. The summed E-state index contributed by atoms with van der Waals surface area (Å²) in [5.41, 5.74) is 1.55. The third-order valence-corrected chi connectivity index (χ3v) is 3.52. The van der Waals surface area contributed by atoms with Gasteiger partial charge in [-0.1, -0.05) is 35.9 Å². The number of anilines is 1. The predicted molar refractivity (Wildman–Crippen MR) is 85.1 cm³/mol. The molecule has 2 rings (SSSR count). The monoisotopic (exact) mass is 319 g/mol. The standard InChI is InChI=1S/C15H14ClN3O3/c1-10-13(7-4-8-14(10)19(21)22)18-15(20)17-9-11-5-2-3-6-12(11)16/h2-8H,9H2,1H3,(H2,17,18,20). The zero-order valence-electron chi connectivity index (χ0n) is 11.8. The molecule has 0 saturated heterocycles. The number of rotatable bonds is 4. The Morgan fingerprint density at radius 3 is 2.64 bits per heavy atom. The van der Waals surface area contributed by atoms with Gasteiger partial charge in [0.15, 0.2) is 0 Å². The number of hydrogen-bond acceptors (Lipinski definition) is 3. The summed E-state index contributed by atoms with van der Waals surface area (Å²) in [6.45, 7) is 1.85. The third-order valence-electron chi connectivity index (χ3n) is 3.15. The summed E-state index contributed by atoms with van der Waals surface area (Å²) in [5, 5.41) is 16.7. The highest BCUT2D eigenvalue weighted by Crippen LogP contribution is 2.24. The minimum absolute atomic E-state index is 0.0381. The van der Waals surface area contributed by atoms with E-state index in [1.54, 1.807) is 31.2 Å². The maximum atomic E-state index is 11.9. The van der Waals surface area contributed by atoms with Gasteiger partial charge >= 0.3 is 6.03 Å². The number of nitrogens with zero attached hydrogens (tertiary/aromatic N) is 1. The highest BCUT2D eigenvalue weighted by Gasteiger charge is 2.14. The van der Waals surface area contributed by atoms with Crippen LogP contribution >= 0.6 is 11.6 Å². The molecule has 0 saturated carbocycles. The molecule has 0 aromatic heterocycles. The molecule has 0 aliphatic carbocycles. The number of nitrogens with one attached hydrogen (secondary N) is 2. The van der Waals surface area contributed by atoms with E-state index in [0.717, 1.165) is 5.56 Å². The molecule has 6 nitrogen and oxygen atoms in total. The molecule has 0 aliphatic rings. The van der Waals surface area contributed by atoms with Crippen molar-refractivity contribution < 1.29 is 9.72 Å². The lowest BCUT2D eigenvalue weighted by Gasteiger charge is -2.10. The van der Waals surface area contributed by atoms with Crippen molar-refractivity contribution in [2.24, 2.45) is 0 Å². The van der Waals surface area contributed by atoms with E-state index in [9.17, 15) is 14.9 Å². The zero-order chi connectivity index (χ0) is 16.1. The Morgan fingerprint density at radius 2 is 1.95 bits per heavy atom. The van der Waals surface area contributed by atoms with Crippen molar-refractivity contribution in [1.82, 2.24) is 5.32 Å². The Bertz CT molecular complexity index is 719. The first-order valence-corrected chi connectivity index (χ1v) is 6.89. The molecule has 0 atom stereocenters. The van der Waals surface area contributed by atoms with Crippen LogP contribution in [0.15, 0.2) is 42.5 Å². The molecule has 0 heterocycles. The number of nitro groups is 1. The first kappa shape index (κ1) is 15.8. The highest BCUT2D eigenvalue weighted by atomic mass is 35.5. The summed E-state index contributed by atoms with van der Waals surface area (Å²) >= 11 is 6.00. The maximum absolute atomic E-state index is 11.9. The fourth-order valence-corrected chi connectivity index (χ4v) is 2.14. The number of halogens is 1. The highest BCUT2D eigenvalue weighted by molar-refractivity contribution is 6.31. The van der Waals surface area contributed by atoms with Crippen LogP contribution in [0.25, 0.3) is 0 Å². The zero-order valence-corrected chi connectivity index (χ0v) is 12.6. The smallest absolute Gasteiger partial charge is 0.319 e. The Hall–Kier alpha value is -2.60. The number of nitro benzene ring substituents is 1. The molecule has 0 radical (unpaired) electrons. The maximum Gasteiger partial charge on any atom is 0.319 e. The van der Waals surface area contributed by atoms with E-state index in [0.29, 0.717) is 16.3 Å². The lowest BCUT2D eigenvalue weighted by molar-refractivity contribution is -0.385. The Morgan fingerprint density at radius 1 is 1.23 bits per heavy atom. The van der Waals surface area contributed by atoms with Crippen molar-refractivity contribution in [3.63, 3.8) is 0 Å². The molecule has 114 valence electrons. The molecule has 2 aromatic rings. The van der Waals surface area contributed by atoms with Gasteiger partial charge in [0.05, 0.1) is 16.2 Å². The molecule has 0 bridgehead atoms. The fraction of sp³-hybridized carbons (Fsp3) is 0.133. The Kier molecular flexibility index (Phi) is 4.95. The summed E-state index contributed by atoms with van der Waals surface area (Å²) < 4.78 is 0. The summed E-state index contributed by atoms with van der Waals surface area (Å²) in [4.78, 5) is 22.3. The minimum atomic E-state index is -0.484. The van der Waals surface area contributed by atoms with Crippen LogP contribution in [0, 0.1) is 17.0 Å². The largest absolute Gasteiger partial charge is 0.334 e. The van der Waals surface area contributed by atoms with Crippen molar-refractivity contribution in [2.45, 2.75) is 13.5 Å². The quantitative estimate of drug-likeness (QED) is 0.662. The molecule has 2 N–H and O–H groups in total. The molecule has 0 aliphatic heterocycles. The van der Waals surface area contributed by atoms with Crippen molar-refractivity contribution in [3.05, 3.63) is 68.7 Å². The first-order chi connectivity index (χ1) is 10.5. The van der Waals surface area contributed by atoms with E-state index < -0.39 is 11.0 Å². The average Bonchev–Trinajstić information content (AvgIpc) is 2.48. The van der Waals surface area contributed by atoms with Crippen molar-refractivity contribution >= 4 is 29.0 Å². The lowest BCUT2D eigenvalue weighted by Crippen LogP contribution is -2.28. The number of hydrogen-bond donors (Lipinski definition) is 2. The summed E-state index contributed by atoms with van der Waals surface area (Å²) in [5.74, 6) is 0.